The number of terminal acetylenes is 1. The molecular weight excluding hydrogens is 536 g/mol. The van der Waals surface area contributed by atoms with Gasteiger partial charge in [-0.1, -0.05) is 0 Å². The number of aliphatic hydroxyl groups is 1. The van der Waals surface area contributed by atoms with Crippen molar-refractivity contribution in [1.82, 2.24) is 26.6 Å². The van der Waals surface area contributed by atoms with E-state index in [1.807, 2.05) is 5.32 Å². The third-order valence-electron chi connectivity index (χ3n) is 4.79. The number of hydrogen-bond donors (Lipinski definition) is 10. The highest BCUT2D eigenvalue weighted by molar-refractivity contribution is 5.95. The Kier molecular flexibility index (Phi) is 16.8. The smallest absolute Gasteiger partial charge is 0.328 e. The predicted molar refractivity (Wildman–Crippen MR) is 137 cm³/mol. The molecule has 0 aliphatic heterocycles. The van der Waals surface area contributed by atoms with Gasteiger partial charge in [-0.25, -0.2) is 4.79 Å². The van der Waals surface area contributed by atoms with E-state index in [1.165, 1.54) is 0 Å². The van der Waals surface area contributed by atoms with Crippen molar-refractivity contribution in [2.75, 3.05) is 26.2 Å². The van der Waals surface area contributed by atoms with Crippen LogP contribution in [0.3, 0.4) is 0 Å². The number of carboxylic acids is 2. The average Bonchev–Trinajstić information content (AvgIpc) is 2.88. The van der Waals surface area contributed by atoms with Crippen molar-refractivity contribution in [2.24, 2.45) is 16.5 Å². The molecule has 12 N–H and O–H groups in total. The van der Waals surface area contributed by atoms with Crippen molar-refractivity contribution >= 4 is 47.4 Å². The lowest BCUT2D eigenvalue weighted by Crippen LogP contribution is -2.55. The molecule has 5 amide bonds. The summed E-state index contributed by atoms with van der Waals surface area (Å²) >= 11 is 0. The van der Waals surface area contributed by atoms with Crippen molar-refractivity contribution in [1.29, 1.82) is 0 Å². The highest BCUT2D eigenvalue weighted by Gasteiger charge is 2.28. The van der Waals surface area contributed by atoms with E-state index in [0.717, 1.165) is 0 Å². The standard InChI is InChI=1S/C22H34N8O10/c1-2-3-6-15(32)26-9-16(33)28-12(5-4-7-25-22(23)24)19(37)27-10-17(34)29-13(8-18(35)36)20(38)30-14(11-31)21(39)40/h1,12-14,31H,3-11H2,(H,26,32)(H,27,37)(H,28,33)(H,29,34)(H,30,38)(H,35,36)(H,39,40)(H4,23,24,25)/t12-,13-,14-/m0/s1. The number of guanidine groups is 1. The van der Waals surface area contributed by atoms with Gasteiger partial charge in [0.1, 0.15) is 18.1 Å². The summed E-state index contributed by atoms with van der Waals surface area (Å²) in [6.07, 6.45) is 4.56. The second-order valence-corrected chi connectivity index (χ2v) is 8.07. The highest BCUT2D eigenvalue weighted by atomic mass is 16.4. The lowest BCUT2D eigenvalue weighted by molar-refractivity contribution is -0.144. The molecule has 0 aromatic heterocycles. The molecule has 18 nitrogen and oxygen atoms in total. The van der Waals surface area contributed by atoms with Gasteiger partial charge in [-0.3, -0.25) is 33.8 Å². The SMILES string of the molecule is C#CCCC(=O)NCC(=O)N[C@@H](CCCN=C(N)N)C(=O)NCC(=O)N[C@@H](CC(=O)O)C(=O)N[C@@H](CO)C(=O)O. The van der Waals surface area contributed by atoms with Crippen LogP contribution in [-0.2, 0) is 33.6 Å². The molecule has 0 aliphatic rings. The molecule has 0 unspecified atom stereocenters. The number of amides is 5. The fourth-order valence-corrected chi connectivity index (χ4v) is 2.85. The molecule has 0 saturated heterocycles. The maximum Gasteiger partial charge on any atom is 0.328 e. The van der Waals surface area contributed by atoms with E-state index >= 15 is 0 Å². The number of carbonyl (C=O) groups is 7. The summed E-state index contributed by atoms with van der Waals surface area (Å²) in [7, 11) is 0. The first-order valence-corrected chi connectivity index (χ1v) is 11.8. The van der Waals surface area contributed by atoms with E-state index in [1.54, 1.807) is 0 Å². The Labute approximate surface area is 228 Å². The van der Waals surface area contributed by atoms with Gasteiger partial charge < -0.3 is 53.4 Å². The number of hydrogen-bond acceptors (Lipinski definition) is 9. The molecule has 0 saturated carbocycles. The first-order valence-electron chi connectivity index (χ1n) is 11.8. The monoisotopic (exact) mass is 570 g/mol. The zero-order valence-electron chi connectivity index (χ0n) is 21.5. The Morgan fingerprint density at radius 1 is 0.825 bits per heavy atom. The Hall–Kier alpha value is -4.92. The molecule has 0 heterocycles. The summed E-state index contributed by atoms with van der Waals surface area (Å²) in [6.45, 7) is -2.09. The second kappa shape index (κ2) is 19.2. The Morgan fingerprint density at radius 2 is 1.43 bits per heavy atom. The molecule has 0 aliphatic carbocycles. The molecule has 0 rings (SSSR count). The molecule has 3 atom stereocenters. The summed E-state index contributed by atoms with van der Waals surface area (Å²) in [6, 6.07) is -4.68. The minimum absolute atomic E-state index is 0.000813. The third-order valence-corrected chi connectivity index (χ3v) is 4.79. The molecule has 0 bridgehead atoms. The van der Waals surface area contributed by atoms with Gasteiger partial charge in [0, 0.05) is 19.4 Å². The molecule has 0 spiro atoms. The van der Waals surface area contributed by atoms with E-state index in [-0.39, 0.29) is 38.2 Å². The van der Waals surface area contributed by atoms with Crippen molar-refractivity contribution in [3.63, 3.8) is 0 Å². The average molecular weight is 571 g/mol. The zero-order chi connectivity index (χ0) is 30.7. The van der Waals surface area contributed by atoms with Gasteiger partial charge in [-0.2, -0.15) is 0 Å². The lowest BCUT2D eigenvalue weighted by Gasteiger charge is -2.21. The normalized spacial score (nSPS) is 12.3. The topological polar surface area (TPSA) is 305 Å². The van der Waals surface area contributed by atoms with E-state index in [4.69, 9.17) is 33.2 Å². The minimum atomic E-state index is -1.74. The van der Waals surface area contributed by atoms with Gasteiger partial charge in [0.15, 0.2) is 5.96 Å². The van der Waals surface area contributed by atoms with Crippen LogP contribution in [-0.4, -0.2) is 107 Å². The van der Waals surface area contributed by atoms with Crippen molar-refractivity contribution < 1.29 is 48.9 Å². The number of aliphatic imine (C=N–C) groups is 1. The van der Waals surface area contributed by atoms with E-state index in [0.29, 0.717) is 0 Å². The quantitative estimate of drug-likeness (QED) is 0.0301. The Morgan fingerprint density at radius 3 is 1.95 bits per heavy atom. The van der Waals surface area contributed by atoms with Crippen molar-refractivity contribution in [3.8, 4) is 12.3 Å². The molecule has 222 valence electrons. The van der Waals surface area contributed by atoms with Gasteiger partial charge in [0.05, 0.1) is 26.1 Å². The molecule has 0 aromatic rings. The van der Waals surface area contributed by atoms with Crippen LogP contribution in [0.15, 0.2) is 4.99 Å². The summed E-state index contributed by atoms with van der Waals surface area (Å²) in [4.78, 5) is 87.0. The fourth-order valence-electron chi connectivity index (χ4n) is 2.85. The zero-order valence-corrected chi connectivity index (χ0v) is 21.5. The number of carbonyl (C=O) groups excluding carboxylic acids is 5. The molecular formula is C22H34N8O10. The van der Waals surface area contributed by atoms with Crippen LogP contribution < -0.4 is 38.1 Å². The van der Waals surface area contributed by atoms with Crippen molar-refractivity contribution in [3.05, 3.63) is 0 Å². The van der Waals surface area contributed by atoms with Crippen LogP contribution in [0.25, 0.3) is 0 Å². The minimum Gasteiger partial charge on any atom is -0.481 e. The van der Waals surface area contributed by atoms with Gasteiger partial charge in [-0.15, -0.1) is 12.3 Å². The number of rotatable bonds is 19. The van der Waals surface area contributed by atoms with Crippen LogP contribution in [0.5, 0.6) is 0 Å². The number of aliphatic carboxylic acids is 2. The molecule has 0 radical (unpaired) electrons. The highest BCUT2D eigenvalue weighted by Crippen LogP contribution is 2.00. The number of nitrogens with zero attached hydrogens (tertiary/aromatic N) is 1. The van der Waals surface area contributed by atoms with Crippen molar-refractivity contribution in [2.45, 2.75) is 50.2 Å². The molecule has 0 fully saturated rings. The first kappa shape index (κ1) is 35.1. The van der Waals surface area contributed by atoms with Crippen LogP contribution in [0.4, 0.5) is 0 Å². The Bertz CT molecular complexity index is 1010. The maximum absolute atomic E-state index is 12.7. The summed E-state index contributed by atoms with van der Waals surface area (Å²) in [5.74, 6) is -5.27. The fraction of sp³-hybridized carbons (Fsp3) is 0.545. The summed E-state index contributed by atoms with van der Waals surface area (Å²) in [5, 5.41) is 37.8. The third kappa shape index (κ3) is 16.0. The number of aliphatic hydroxyl groups excluding tert-OH is 1. The summed E-state index contributed by atoms with van der Waals surface area (Å²) < 4.78 is 0. The van der Waals surface area contributed by atoms with Gasteiger partial charge in [-0.05, 0) is 12.8 Å². The van der Waals surface area contributed by atoms with E-state index < -0.39 is 85.7 Å². The molecule has 40 heavy (non-hydrogen) atoms. The molecule has 18 heteroatoms. The van der Waals surface area contributed by atoms with Gasteiger partial charge >= 0.3 is 11.9 Å². The predicted octanol–water partition coefficient (Wildman–Crippen LogP) is -5.31. The maximum atomic E-state index is 12.7. The van der Waals surface area contributed by atoms with Gasteiger partial charge in [0.25, 0.3) is 0 Å². The van der Waals surface area contributed by atoms with Crippen LogP contribution in [0.1, 0.15) is 32.1 Å². The number of nitrogens with one attached hydrogen (secondary N) is 5. The van der Waals surface area contributed by atoms with E-state index in [9.17, 15) is 33.6 Å². The van der Waals surface area contributed by atoms with Crippen LogP contribution in [0.2, 0.25) is 0 Å². The molecule has 0 aromatic carbocycles. The Balaban J connectivity index is 5.21. The summed E-state index contributed by atoms with van der Waals surface area (Å²) in [5.41, 5.74) is 10.5. The van der Waals surface area contributed by atoms with E-state index in [2.05, 4.69) is 32.2 Å². The lowest BCUT2D eigenvalue weighted by atomic mass is 10.1. The number of nitrogens with two attached hydrogens (primary N) is 2. The van der Waals surface area contributed by atoms with Gasteiger partial charge in [0.2, 0.25) is 29.5 Å². The number of carboxylic acid groups (broad SMARTS) is 2. The second-order valence-electron chi connectivity index (χ2n) is 8.07. The van der Waals surface area contributed by atoms with Crippen LogP contribution in [0, 0.1) is 12.3 Å². The largest absolute Gasteiger partial charge is 0.481 e. The first-order chi connectivity index (χ1) is 18.8. The van der Waals surface area contributed by atoms with Crippen LogP contribution >= 0.6 is 0 Å².